The van der Waals surface area contributed by atoms with E-state index in [0.29, 0.717) is 41.0 Å². The molecule has 10 heteroatoms. The summed E-state index contributed by atoms with van der Waals surface area (Å²) in [5.41, 5.74) is 5.14. The average Bonchev–Trinajstić information content (AvgIpc) is 2.82. The molecular formula is C26H28ClN3O5S. The molecule has 1 N–H and O–H groups in total. The standard InChI is InChI=1S/C26H28ClN3O5S/c1-4-34-25-15-20(12-13-24(25)35-18-21-9-7-10-22(27)14-21)16-28-29-26(31)17-30(36(3,32)33)23-11-6-5-8-19(23)2/h5-16H,4,17-18H2,1-3H3,(H,29,31)/b28-16-. The predicted molar refractivity (Wildman–Crippen MR) is 143 cm³/mol. The number of aryl methyl sites for hydroxylation is 1. The van der Waals surface area contributed by atoms with Gasteiger partial charge in [-0.1, -0.05) is 41.9 Å². The van der Waals surface area contributed by atoms with Gasteiger partial charge in [-0.15, -0.1) is 0 Å². The van der Waals surface area contributed by atoms with Gasteiger partial charge in [0.05, 0.1) is 24.8 Å². The lowest BCUT2D eigenvalue weighted by molar-refractivity contribution is -0.119. The fraction of sp³-hybridized carbons (Fsp3) is 0.231. The monoisotopic (exact) mass is 529 g/mol. The molecule has 3 aromatic rings. The maximum Gasteiger partial charge on any atom is 0.260 e. The number of amides is 1. The van der Waals surface area contributed by atoms with Crippen LogP contribution < -0.4 is 19.2 Å². The molecule has 3 aromatic carbocycles. The molecule has 0 saturated carbocycles. The van der Waals surface area contributed by atoms with Crippen molar-refractivity contribution in [1.82, 2.24) is 5.43 Å². The van der Waals surface area contributed by atoms with Crippen molar-refractivity contribution < 1.29 is 22.7 Å². The van der Waals surface area contributed by atoms with Crippen LogP contribution in [0.4, 0.5) is 5.69 Å². The summed E-state index contributed by atoms with van der Waals surface area (Å²) in [6.07, 6.45) is 2.50. The van der Waals surface area contributed by atoms with E-state index in [1.54, 1.807) is 55.5 Å². The van der Waals surface area contributed by atoms with Crippen LogP contribution in [0, 0.1) is 6.92 Å². The van der Waals surface area contributed by atoms with Crippen molar-refractivity contribution in [2.24, 2.45) is 5.10 Å². The second kappa shape index (κ2) is 12.4. The smallest absolute Gasteiger partial charge is 0.260 e. The SMILES string of the molecule is CCOc1cc(/C=N\NC(=O)CN(c2ccccc2C)S(C)(=O)=O)ccc1OCc1cccc(Cl)c1. The van der Waals surface area contributed by atoms with Crippen molar-refractivity contribution in [2.45, 2.75) is 20.5 Å². The molecule has 0 heterocycles. The van der Waals surface area contributed by atoms with Gasteiger partial charge in [-0.05, 0) is 66.9 Å². The van der Waals surface area contributed by atoms with Crippen LogP contribution in [0.25, 0.3) is 0 Å². The van der Waals surface area contributed by atoms with E-state index < -0.39 is 22.5 Å². The Morgan fingerprint density at radius 3 is 2.53 bits per heavy atom. The summed E-state index contributed by atoms with van der Waals surface area (Å²) in [4.78, 5) is 12.5. The van der Waals surface area contributed by atoms with E-state index in [1.807, 2.05) is 25.1 Å². The van der Waals surface area contributed by atoms with E-state index in [-0.39, 0.29) is 0 Å². The van der Waals surface area contributed by atoms with Gasteiger partial charge in [0, 0.05) is 5.02 Å². The average molecular weight is 530 g/mol. The molecule has 0 aliphatic rings. The van der Waals surface area contributed by atoms with Crippen LogP contribution in [-0.4, -0.2) is 39.9 Å². The molecule has 0 fully saturated rings. The minimum absolute atomic E-state index is 0.321. The number of anilines is 1. The Balaban J connectivity index is 1.66. The largest absolute Gasteiger partial charge is 0.490 e. The number of halogens is 1. The summed E-state index contributed by atoms with van der Waals surface area (Å²) in [7, 11) is -3.67. The Hall–Kier alpha value is -3.56. The van der Waals surface area contributed by atoms with Gasteiger partial charge in [-0.2, -0.15) is 5.10 Å². The highest BCUT2D eigenvalue weighted by molar-refractivity contribution is 7.92. The Kier molecular flexibility index (Phi) is 9.32. The normalized spacial score (nSPS) is 11.3. The fourth-order valence-corrected chi connectivity index (χ4v) is 4.48. The first-order valence-electron chi connectivity index (χ1n) is 11.2. The second-order valence-electron chi connectivity index (χ2n) is 7.91. The summed E-state index contributed by atoms with van der Waals surface area (Å²) in [5, 5.41) is 4.60. The Bertz CT molecular complexity index is 1340. The lowest BCUT2D eigenvalue weighted by atomic mass is 10.2. The van der Waals surface area contributed by atoms with Crippen molar-refractivity contribution >= 4 is 39.4 Å². The number of hydrogen-bond acceptors (Lipinski definition) is 6. The van der Waals surface area contributed by atoms with Crippen molar-refractivity contribution in [1.29, 1.82) is 0 Å². The number of sulfonamides is 1. The van der Waals surface area contributed by atoms with Crippen LogP contribution in [-0.2, 0) is 21.4 Å². The third-order valence-corrected chi connectivity index (χ3v) is 6.39. The maximum atomic E-state index is 12.5. The number of rotatable bonds is 11. The van der Waals surface area contributed by atoms with Gasteiger partial charge in [-0.25, -0.2) is 13.8 Å². The first kappa shape index (κ1) is 27.0. The molecule has 0 saturated heterocycles. The summed E-state index contributed by atoms with van der Waals surface area (Å²) >= 11 is 6.03. The number of nitrogens with one attached hydrogen (secondary N) is 1. The zero-order valence-electron chi connectivity index (χ0n) is 20.3. The molecule has 0 aromatic heterocycles. The van der Waals surface area contributed by atoms with Crippen LogP contribution in [0.15, 0.2) is 71.8 Å². The van der Waals surface area contributed by atoms with Crippen LogP contribution in [0.1, 0.15) is 23.6 Å². The Labute approximate surface area is 216 Å². The number of carbonyl (C=O) groups is 1. The van der Waals surface area contributed by atoms with Gasteiger partial charge in [0.15, 0.2) is 11.5 Å². The zero-order chi connectivity index (χ0) is 26.1. The minimum atomic E-state index is -3.67. The first-order chi connectivity index (χ1) is 17.2. The highest BCUT2D eigenvalue weighted by Gasteiger charge is 2.22. The molecule has 3 rings (SSSR count). The van der Waals surface area contributed by atoms with Crippen molar-refractivity contribution in [3.8, 4) is 11.5 Å². The summed E-state index contributed by atoms with van der Waals surface area (Å²) in [6.45, 7) is 4.00. The van der Waals surface area contributed by atoms with E-state index >= 15 is 0 Å². The van der Waals surface area contributed by atoms with Gasteiger partial charge >= 0.3 is 0 Å². The summed E-state index contributed by atoms with van der Waals surface area (Å²) in [5.74, 6) is 0.504. The number of ether oxygens (including phenoxy) is 2. The third-order valence-electron chi connectivity index (χ3n) is 5.03. The highest BCUT2D eigenvalue weighted by atomic mass is 35.5. The predicted octanol–water partition coefficient (Wildman–Crippen LogP) is 4.54. The maximum absolute atomic E-state index is 12.5. The molecule has 0 unspecified atom stereocenters. The van der Waals surface area contributed by atoms with E-state index in [1.165, 1.54) is 6.21 Å². The van der Waals surface area contributed by atoms with Gasteiger partial charge < -0.3 is 9.47 Å². The Morgan fingerprint density at radius 1 is 1.06 bits per heavy atom. The summed E-state index contributed by atoms with van der Waals surface area (Å²) in [6, 6.07) is 19.6. The number of carbonyl (C=O) groups excluding carboxylic acids is 1. The van der Waals surface area contributed by atoms with E-state index in [0.717, 1.165) is 21.7 Å². The number of para-hydroxylation sites is 1. The highest BCUT2D eigenvalue weighted by Crippen LogP contribution is 2.29. The van der Waals surface area contributed by atoms with Gasteiger partial charge in [0.25, 0.3) is 5.91 Å². The van der Waals surface area contributed by atoms with E-state index in [2.05, 4.69) is 10.5 Å². The lowest BCUT2D eigenvalue weighted by Crippen LogP contribution is -2.39. The van der Waals surface area contributed by atoms with E-state index in [4.69, 9.17) is 21.1 Å². The van der Waals surface area contributed by atoms with Gasteiger partial charge in [-0.3, -0.25) is 9.10 Å². The molecule has 8 nitrogen and oxygen atoms in total. The topological polar surface area (TPSA) is 97.3 Å². The first-order valence-corrected chi connectivity index (χ1v) is 13.4. The Morgan fingerprint density at radius 2 is 1.83 bits per heavy atom. The van der Waals surface area contributed by atoms with E-state index in [9.17, 15) is 13.2 Å². The third kappa shape index (κ3) is 7.73. The fourth-order valence-electron chi connectivity index (χ4n) is 3.35. The molecule has 0 aliphatic carbocycles. The quantitative estimate of drug-likeness (QED) is 0.290. The van der Waals surface area contributed by atoms with Gasteiger partial charge in [0.1, 0.15) is 13.2 Å². The molecule has 0 bridgehead atoms. The van der Waals surface area contributed by atoms with Crippen LogP contribution >= 0.6 is 11.6 Å². The molecule has 0 aliphatic heterocycles. The molecular weight excluding hydrogens is 502 g/mol. The molecule has 0 radical (unpaired) electrons. The zero-order valence-corrected chi connectivity index (χ0v) is 21.8. The number of hydrogen-bond donors (Lipinski definition) is 1. The summed E-state index contributed by atoms with van der Waals surface area (Å²) < 4.78 is 37.2. The number of hydrazone groups is 1. The van der Waals surface area contributed by atoms with Crippen LogP contribution in [0.5, 0.6) is 11.5 Å². The second-order valence-corrected chi connectivity index (χ2v) is 10.3. The molecule has 0 atom stereocenters. The van der Waals surface area contributed by atoms with Crippen LogP contribution in [0.2, 0.25) is 5.02 Å². The molecule has 36 heavy (non-hydrogen) atoms. The number of nitrogens with zero attached hydrogens (tertiary/aromatic N) is 2. The van der Waals surface area contributed by atoms with Crippen molar-refractivity contribution in [2.75, 3.05) is 23.7 Å². The van der Waals surface area contributed by atoms with Crippen molar-refractivity contribution in [3.05, 3.63) is 88.4 Å². The molecule has 0 spiro atoms. The van der Waals surface area contributed by atoms with Crippen LogP contribution in [0.3, 0.4) is 0 Å². The molecule has 1 amide bonds. The lowest BCUT2D eigenvalue weighted by Gasteiger charge is -2.23. The minimum Gasteiger partial charge on any atom is -0.490 e. The van der Waals surface area contributed by atoms with Gasteiger partial charge in [0.2, 0.25) is 10.0 Å². The molecule has 190 valence electrons. The van der Waals surface area contributed by atoms with Crippen molar-refractivity contribution in [3.63, 3.8) is 0 Å². The number of benzene rings is 3.